The van der Waals surface area contributed by atoms with Gasteiger partial charge in [-0.3, -0.25) is 0 Å². The Bertz CT molecular complexity index is 912. The minimum absolute atomic E-state index is 0.0222. The molecule has 1 aromatic heterocycles. The third-order valence-electron chi connectivity index (χ3n) is 4.77. The Morgan fingerprint density at radius 3 is 2.42 bits per heavy atom. The summed E-state index contributed by atoms with van der Waals surface area (Å²) in [6.45, 7) is 1.50. The van der Waals surface area contributed by atoms with Gasteiger partial charge in [-0.15, -0.1) is 0 Å². The number of hydrogen-bond donors (Lipinski definition) is 1. The second-order valence-electron chi connectivity index (χ2n) is 6.43. The smallest absolute Gasteiger partial charge is 0.317 e. The molecule has 0 bridgehead atoms. The highest BCUT2D eigenvalue weighted by Crippen LogP contribution is 2.29. The van der Waals surface area contributed by atoms with E-state index in [0.717, 1.165) is 29.9 Å². The molecule has 4 rings (SSSR count). The number of hydrogen-bond acceptors (Lipinski definition) is 2. The lowest BCUT2D eigenvalue weighted by Crippen LogP contribution is -2.51. The van der Waals surface area contributed by atoms with Crippen molar-refractivity contribution in [2.75, 3.05) is 20.1 Å². The number of halogens is 1. The molecule has 1 saturated heterocycles. The molecule has 1 aliphatic rings. The van der Waals surface area contributed by atoms with Crippen molar-refractivity contribution >= 4 is 6.03 Å². The quantitative estimate of drug-likeness (QED) is 0.787. The van der Waals surface area contributed by atoms with Crippen LogP contribution in [0.3, 0.4) is 0 Å². The second kappa shape index (κ2) is 6.63. The zero-order valence-corrected chi connectivity index (χ0v) is 14.4. The Hall–Kier alpha value is -3.15. The molecule has 0 atom stereocenters. The monoisotopic (exact) mass is 350 g/mol. The molecule has 0 aliphatic carbocycles. The topological polar surface area (TPSA) is 50.2 Å². The lowest BCUT2D eigenvalue weighted by atomic mass is 9.91. The highest BCUT2D eigenvalue weighted by Gasteiger charge is 2.30. The zero-order chi connectivity index (χ0) is 18.1. The van der Waals surface area contributed by atoms with Crippen molar-refractivity contribution in [3.05, 3.63) is 72.3 Å². The predicted molar refractivity (Wildman–Crippen MR) is 97.7 cm³/mol. The molecule has 1 fully saturated rings. The van der Waals surface area contributed by atoms with Crippen LogP contribution in [0.15, 0.2) is 60.9 Å². The van der Waals surface area contributed by atoms with E-state index in [9.17, 15) is 9.18 Å². The summed E-state index contributed by atoms with van der Waals surface area (Å²) in [7, 11) is 1.65. The molecule has 0 spiro atoms. The van der Waals surface area contributed by atoms with Crippen LogP contribution in [-0.4, -0.2) is 40.8 Å². The molecule has 3 aromatic rings. The molecule has 0 radical (unpaired) electrons. The van der Waals surface area contributed by atoms with Gasteiger partial charge < -0.3 is 10.2 Å². The van der Waals surface area contributed by atoms with E-state index in [4.69, 9.17) is 0 Å². The van der Waals surface area contributed by atoms with Gasteiger partial charge in [-0.1, -0.05) is 24.3 Å². The number of amides is 2. The maximum absolute atomic E-state index is 13.0. The van der Waals surface area contributed by atoms with E-state index in [1.54, 1.807) is 35.0 Å². The molecule has 26 heavy (non-hydrogen) atoms. The van der Waals surface area contributed by atoms with Crippen LogP contribution >= 0.6 is 0 Å². The molecule has 1 N–H and O–H groups in total. The zero-order valence-electron chi connectivity index (χ0n) is 14.4. The molecule has 5 nitrogen and oxygen atoms in total. The van der Waals surface area contributed by atoms with Crippen LogP contribution in [0.25, 0.3) is 16.8 Å². The van der Waals surface area contributed by atoms with Gasteiger partial charge >= 0.3 is 6.03 Å². The number of carbonyl (C=O) groups is 1. The van der Waals surface area contributed by atoms with E-state index in [1.807, 2.05) is 6.20 Å². The molecule has 2 heterocycles. The maximum Gasteiger partial charge on any atom is 0.317 e. The van der Waals surface area contributed by atoms with Crippen molar-refractivity contribution in [3.63, 3.8) is 0 Å². The number of rotatable bonds is 3. The fourth-order valence-corrected chi connectivity index (χ4v) is 3.17. The number of benzene rings is 2. The molecule has 0 unspecified atom stereocenters. The van der Waals surface area contributed by atoms with E-state index in [1.165, 1.54) is 17.7 Å². The summed E-state index contributed by atoms with van der Waals surface area (Å²) in [5.41, 5.74) is 4.13. The van der Waals surface area contributed by atoms with Gasteiger partial charge in [-0.2, -0.15) is 5.10 Å². The number of urea groups is 1. The van der Waals surface area contributed by atoms with Crippen LogP contribution in [0.2, 0.25) is 0 Å². The van der Waals surface area contributed by atoms with Crippen molar-refractivity contribution in [2.45, 2.75) is 5.92 Å². The molecular weight excluding hydrogens is 331 g/mol. The van der Waals surface area contributed by atoms with E-state index < -0.39 is 0 Å². The number of carbonyl (C=O) groups excluding carboxylic acids is 1. The summed E-state index contributed by atoms with van der Waals surface area (Å²) < 4.78 is 14.8. The highest BCUT2D eigenvalue weighted by atomic mass is 19.1. The summed E-state index contributed by atoms with van der Waals surface area (Å²) in [5, 5.41) is 7.00. The average molecular weight is 350 g/mol. The summed E-state index contributed by atoms with van der Waals surface area (Å²) in [5.74, 6) is 0.131. The van der Waals surface area contributed by atoms with Crippen molar-refractivity contribution in [2.24, 2.45) is 0 Å². The van der Waals surface area contributed by atoms with Gasteiger partial charge in [0.2, 0.25) is 0 Å². The predicted octanol–water partition coefficient (Wildman–Crippen LogP) is 3.42. The fraction of sp³-hybridized carbons (Fsp3) is 0.200. The Morgan fingerprint density at radius 1 is 1.08 bits per heavy atom. The number of nitrogens with one attached hydrogen (secondary N) is 1. The van der Waals surface area contributed by atoms with Gasteiger partial charge in [0.15, 0.2) is 0 Å². The molecule has 0 saturated carbocycles. The van der Waals surface area contributed by atoms with Gasteiger partial charge in [0.25, 0.3) is 0 Å². The van der Waals surface area contributed by atoms with Crippen LogP contribution in [-0.2, 0) is 0 Å². The highest BCUT2D eigenvalue weighted by molar-refractivity contribution is 5.75. The summed E-state index contributed by atoms with van der Waals surface area (Å²) >= 11 is 0. The standard InChI is InChI=1S/C20H19FN4O/c1-22-20(26)24-11-17(12-24)15-4-2-14(3-5-15)16-10-23-25(13-16)19-8-6-18(21)7-9-19/h2-10,13,17H,11-12H2,1H3,(H,22,26). The summed E-state index contributed by atoms with van der Waals surface area (Å²) in [6.07, 6.45) is 3.73. The first-order valence-corrected chi connectivity index (χ1v) is 8.51. The molecular formula is C20H19FN4O. The molecule has 2 aromatic carbocycles. The van der Waals surface area contributed by atoms with Gasteiger partial charge in [-0.25, -0.2) is 13.9 Å². The minimum atomic E-state index is -0.261. The second-order valence-corrected chi connectivity index (χ2v) is 6.43. The lowest BCUT2D eigenvalue weighted by Gasteiger charge is -2.39. The van der Waals surface area contributed by atoms with Crippen LogP contribution in [0.5, 0.6) is 0 Å². The fourth-order valence-electron chi connectivity index (χ4n) is 3.17. The number of aromatic nitrogens is 2. The molecule has 6 heteroatoms. The number of likely N-dealkylation sites (tertiary alicyclic amines) is 1. The first kappa shape index (κ1) is 16.3. The molecule has 2 amide bonds. The Balaban J connectivity index is 1.46. The Morgan fingerprint density at radius 2 is 1.77 bits per heavy atom. The third kappa shape index (κ3) is 3.06. The first-order valence-electron chi connectivity index (χ1n) is 8.51. The number of nitrogens with zero attached hydrogens (tertiary/aromatic N) is 3. The first-order chi connectivity index (χ1) is 12.6. The summed E-state index contributed by atoms with van der Waals surface area (Å²) in [6, 6.07) is 14.6. The average Bonchev–Trinajstić information content (AvgIpc) is 3.11. The molecule has 132 valence electrons. The van der Waals surface area contributed by atoms with Crippen LogP contribution in [0.4, 0.5) is 9.18 Å². The summed E-state index contributed by atoms with van der Waals surface area (Å²) in [4.78, 5) is 13.3. The normalized spacial score (nSPS) is 14.2. The maximum atomic E-state index is 13.0. The van der Waals surface area contributed by atoms with Crippen molar-refractivity contribution in [3.8, 4) is 16.8 Å². The SMILES string of the molecule is CNC(=O)N1CC(c2ccc(-c3cnn(-c4ccc(F)cc4)c3)cc2)C1. The third-order valence-corrected chi connectivity index (χ3v) is 4.77. The van der Waals surface area contributed by atoms with Crippen molar-refractivity contribution in [1.29, 1.82) is 0 Å². The van der Waals surface area contributed by atoms with Gasteiger partial charge in [0, 0.05) is 37.8 Å². The lowest BCUT2D eigenvalue weighted by molar-refractivity contribution is 0.153. The minimum Gasteiger partial charge on any atom is -0.341 e. The van der Waals surface area contributed by atoms with Crippen LogP contribution < -0.4 is 5.32 Å². The van der Waals surface area contributed by atoms with Crippen molar-refractivity contribution < 1.29 is 9.18 Å². The van der Waals surface area contributed by atoms with Crippen LogP contribution in [0, 0.1) is 5.82 Å². The van der Waals surface area contributed by atoms with Gasteiger partial charge in [0.05, 0.1) is 11.9 Å². The molecule has 1 aliphatic heterocycles. The van der Waals surface area contributed by atoms with E-state index in [0.29, 0.717) is 5.92 Å². The van der Waals surface area contributed by atoms with Crippen molar-refractivity contribution in [1.82, 2.24) is 20.0 Å². The van der Waals surface area contributed by atoms with Gasteiger partial charge in [0.1, 0.15) is 5.82 Å². The van der Waals surface area contributed by atoms with E-state index >= 15 is 0 Å². The Kier molecular flexibility index (Phi) is 4.16. The van der Waals surface area contributed by atoms with Gasteiger partial charge in [-0.05, 0) is 35.4 Å². The van der Waals surface area contributed by atoms with Crippen LogP contribution in [0.1, 0.15) is 11.5 Å². The van der Waals surface area contributed by atoms with E-state index in [2.05, 4.69) is 34.7 Å². The largest absolute Gasteiger partial charge is 0.341 e. The Labute approximate surface area is 151 Å². The van der Waals surface area contributed by atoms with E-state index in [-0.39, 0.29) is 11.8 Å².